The number of hydrazine groups is 1. The first-order valence-corrected chi connectivity index (χ1v) is 5.01. The highest BCUT2D eigenvalue weighted by Gasteiger charge is 2.07. The largest absolute Gasteiger partial charge is 0.382 e. The minimum atomic E-state index is -0.461. The summed E-state index contributed by atoms with van der Waals surface area (Å²) < 4.78 is 4.60. The number of aromatic amines is 1. The van der Waals surface area contributed by atoms with Crippen molar-refractivity contribution >= 4 is 23.0 Å². The minimum absolute atomic E-state index is 0.333. The molecule has 0 atom stereocenters. The number of H-pyrrole nitrogens is 1. The predicted octanol–water partition coefficient (Wildman–Crippen LogP) is 2.37. The van der Waals surface area contributed by atoms with E-state index in [9.17, 15) is 4.79 Å². The molecule has 16 heavy (non-hydrogen) atoms. The Labute approximate surface area is 96.4 Å². The van der Waals surface area contributed by atoms with Crippen LogP contribution in [-0.2, 0) is 0 Å². The number of hydrogen-bond donors (Lipinski definition) is 3. The summed E-state index contributed by atoms with van der Waals surface area (Å²) in [7, 11) is 0. The Morgan fingerprint density at radius 3 is 2.69 bits per heavy atom. The molecule has 0 saturated heterocycles. The monoisotopic (exact) mass is 239 g/mol. The number of hydrogen-bond acceptors (Lipinski definition) is 4. The molecular formula is C10H10ClN3O2. The van der Waals surface area contributed by atoms with Gasteiger partial charge in [-0.15, -0.1) is 0 Å². The first kappa shape index (κ1) is 10.6. The summed E-state index contributed by atoms with van der Waals surface area (Å²) in [6.07, 6.45) is 0. The van der Waals surface area contributed by atoms with Gasteiger partial charge < -0.3 is 4.52 Å². The topological polar surface area (TPSA) is 70.1 Å². The van der Waals surface area contributed by atoms with Crippen LogP contribution in [-0.4, -0.2) is 5.16 Å². The van der Waals surface area contributed by atoms with Gasteiger partial charge in [0, 0.05) is 0 Å². The number of benzene rings is 1. The number of halogens is 1. The van der Waals surface area contributed by atoms with E-state index in [2.05, 4.69) is 20.5 Å². The van der Waals surface area contributed by atoms with Crippen LogP contribution >= 0.6 is 11.6 Å². The molecule has 0 fully saturated rings. The predicted molar refractivity (Wildman–Crippen MR) is 62.8 cm³/mol. The Bertz CT molecular complexity index is 547. The van der Waals surface area contributed by atoms with Crippen molar-refractivity contribution in [2.45, 2.75) is 6.92 Å². The molecule has 0 unspecified atom stereocenters. The molecule has 0 radical (unpaired) electrons. The normalized spacial score (nSPS) is 10.1. The van der Waals surface area contributed by atoms with E-state index < -0.39 is 5.63 Å². The summed E-state index contributed by atoms with van der Waals surface area (Å²) in [5, 5.41) is 3.03. The van der Waals surface area contributed by atoms with Gasteiger partial charge in [0.25, 0.3) is 0 Å². The van der Waals surface area contributed by atoms with Crippen LogP contribution in [0, 0.1) is 6.92 Å². The van der Waals surface area contributed by atoms with Crippen LogP contribution in [0.25, 0.3) is 0 Å². The van der Waals surface area contributed by atoms with Crippen LogP contribution in [0.2, 0.25) is 5.02 Å². The Kier molecular flexibility index (Phi) is 2.87. The molecule has 3 N–H and O–H groups in total. The van der Waals surface area contributed by atoms with Crippen molar-refractivity contribution in [3.8, 4) is 0 Å². The Hall–Kier alpha value is -1.88. The zero-order valence-corrected chi connectivity index (χ0v) is 9.26. The molecule has 6 heteroatoms. The van der Waals surface area contributed by atoms with Crippen molar-refractivity contribution in [3.05, 3.63) is 45.4 Å². The maximum atomic E-state index is 11.2. The van der Waals surface area contributed by atoms with Gasteiger partial charge in [-0.25, -0.2) is 9.95 Å². The van der Waals surface area contributed by atoms with E-state index in [0.29, 0.717) is 22.1 Å². The van der Waals surface area contributed by atoms with E-state index in [-0.39, 0.29) is 0 Å². The Morgan fingerprint density at radius 2 is 2.06 bits per heavy atom. The number of aryl methyl sites for hydroxylation is 1. The molecular weight excluding hydrogens is 230 g/mol. The summed E-state index contributed by atoms with van der Waals surface area (Å²) in [5.41, 5.74) is 6.75. The van der Waals surface area contributed by atoms with Crippen LogP contribution in [0.3, 0.4) is 0 Å². The zero-order valence-electron chi connectivity index (χ0n) is 8.50. The minimum Gasteiger partial charge on any atom is -0.336 e. The fraction of sp³-hybridized carbons (Fsp3) is 0.100. The molecule has 1 heterocycles. The van der Waals surface area contributed by atoms with Crippen molar-refractivity contribution in [1.29, 1.82) is 0 Å². The molecule has 2 rings (SSSR count). The molecule has 84 valence electrons. The average molecular weight is 240 g/mol. The van der Waals surface area contributed by atoms with E-state index >= 15 is 0 Å². The molecule has 1 aromatic heterocycles. The number of anilines is 2. The van der Waals surface area contributed by atoms with E-state index in [1.807, 2.05) is 12.1 Å². The summed E-state index contributed by atoms with van der Waals surface area (Å²) in [6, 6.07) is 7.20. The molecule has 0 aliphatic heterocycles. The third-order valence-corrected chi connectivity index (χ3v) is 2.40. The lowest BCUT2D eigenvalue weighted by molar-refractivity contribution is 0.388. The van der Waals surface area contributed by atoms with Gasteiger partial charge in [0.15, 0.2) is 5.69 Å². The molecule has 0 bridgehead atoms. The van der Waals surface area contributed by atoms with Gasteiger partial charge in [-0.3, -0.25) is 10.9 Å². The summed E-state index contributed by atoms with van der Waals surface area (Å²) >= 11 is 5.93. The van der Waals surface area contributed by atoms with Gasteiger partial charge in [-0.2, -0.15) is 0 Å². The van der Waals surface area contributed by atoms with Crippen LogP contribution < -0.4 is 16.5 Å². The van der Waals surface area contributed by atoms with Crippen molar-refractivity contribution < 1.29 is 4.52 Å². The van der Waals surface area contributed by atoms with Crippen molar-refractivity contribution in [1.82, 2.24) is 5.16 Å². The fourth-order valence-corrected chi connectivity index (χ4v) is 1.40. The average Bonchev–Trinajstić information content (AvgIpc) is 2.58. The first-order valence-electron chi connectivity index (χ1n) is 4.63. The van der Waals surface area contributed by atoms with Crippen LogP contribution in [0.4, 0.5) is 11.4 Å². The quantitative estimate of drug-likeness (QED) is 0.720. The highest BCUT2D eigenvalue weighted by molar-refractivity contribution is 6.33. The van der Waals surface area contributed by atoms with Gasteiger partial charge in [0.2, 0.25) is 0 Å². The summed E-state index contributed by atoms with van der Waals surface area (Å²) in [6.45, 7) is 1.72. The maximum Gasteiger partial charge on any atom is 0.382 e. The second kappa shape index (κ2) is 4.32. The Morgan fingerprint density at radius 1 is 1.31 bits per heavy atom. The molecule has 0 spiro atoms. The van der Waals surface area contributed by atoms with Gasteiger partial charge in [0.1, 0.15) is 0 Å². The molecule has 0 amide bonds. The summed E-state index contributed by atoms with van der Waals surface area (Å²) in [4.78, 5) is 11.2. The van der Waals surface area contributed by atoms with Crippen molar-refractivity contribution in [2.24, 2.45) is 0 Å². The first-order chi connectivity index (χ1) is 7.68. The van der Waals surface area contributed by atoms with E-state index in [1.165, 1.54) is 0 Å². The SMILES string of the molecule is Cc1[nH]oc(=O)c1NNc1ccccc1Cl. The standard InChI is InChI=1S/C10H10ClN3O2/c1-6-9(10(15)16-14-6)13-12-8-5-3-2-4-7(8)11/h2-5,12-14H,1H3. The van der Waals surface area contributed by atoms with E-state index in [1.54, 1.807) is 19.1 Å². The van der Waals surface area contributed by atoms with Gasteiger partial charge in [-0.1, -0.05) is 23.7 Å². The smallest absolute Gasteiger partial charge is 0.336 e. The maximum absolute atomic E-state index is 11.2. The number of rotatable bonds is 3. The van der Waals surface area contributed by atoms with Crippen LogP contribution in [0.1, 0.15) is 5.69 Å². The second-order valence-corrected chi connectivity index (χ2v) is 3.63. The number of para-hydroxylation sites is 1. The molecule has 0 aliphatic rings. The third kappa shape index (κ3) is 2.04. The highest BCUT2D eigenvalue weighted by Crippen LogP contribution is 2.20. The van der Waals surface area contributed by atoms with Crippen molar-refractivity contribution in [3.63, 3.8) is 0 Å². The molecule has 0 aliphatic carbocycles. The lowest BCUT2D eigenvalue weighted by atomic mass is 10.3. The number of nitrogens with one attached hydrogen (secondary N) is 3. The summed E-state index contributed by atoms with van der Waals surface area (Å²) in [5.74, 6) is 0. The van der Waals surface area contributed by atoms with Gasteiger partial charge in [-0.05, 0) is 19.1 Å². The number of aromatic nitrogens is 1. The van der Waals surface area contributed by atoms with Crippen LogP contribution in [0.15, 0.2) is 33.6 Å². The Balaban J connectivity index is 2.14. The lowest BCUT2D eigenvalue weighted by Gasteiger charge is -2.08. The van der Waals surface area contributed by atoms with E-state index in [4.69, 9.17) is 11.6 Å². The third-order valence-electron chi connectivity index (χ3n) is 2.07. The van der Waals surface area contributed by atoms with E-state index in [0.717, 1.165) is 0 Å². The molecule has 1 aromatic carbocycles. The molecule has 0 saturated carbocycles. The molecule has 5 nitrogen and oxygen atoms in total. The van der Waals surface area contributed by atoms with Crippen LogP contribution in [0.5, 0.6) is 0 Å². The zero-order chi connectivity index (χ0) is 11.5. The lowest BCUT2D eigenvalue weighted by Crippen LogP contribution is -2.14. The van der Waals surface area contributed by atoms with Gasteiger partial charge in [0.05, 0.1) is 16.4 Å². The fourth-order valence-electron chi connectivity index (χ4n) is 1.22. The van der Waals surface area contributed by atoms with Crippen molar-refractivity contribution in [2.75, 3.05) is 10.9 Å². The molecule has 2 aromatic rings. The van der Waals surface area contributed by atoms with Gasteiger partial charge >= 0.3 is 5.63 Å². The highest BCUT2D eigenvalue weighted by atomic mass is 35.5. The second-order valence-electron chi connectivity index (χ2n) is 3.22.